The molecule has 0 bridgehead atoms. The lowest BCUT2D eigenvalue weighted by molar-refractivity contribution is -0.118. The van der Waals surface area contributed by atoms with E-state index in [0.29, 0.717) is 29.1 Å². The van der Waals surface area contributed by atoms with Gasteiger partial charge >= 0.3 is 0 Å². The highest BCUT2D eigenvalue weighted by Crippen LogP contribution is 2.27. The van der Waals surface area contributed by atoms with E-state index in [4.69, 9.17) is 17.3 Å². The van der Waals surface area contributed by atoms with Crippen LogP contribution in [0.1, 0.15) is 30.6 Å². The molecule has 1 amide bonds. The number of hydrogen-bond donors (Lipinski definition) is 1. The quantitative estimate of drug-likeness (QED) is 0.805. The Bertz CT molecular complexity index is 449. The van der Waals surface area contributed by atoms with Gasteiger partial charge in [0, 0.05) is 12.2 Å². The number of carbonyl (C=O) groups excluding carboxylic acids is 2. The van der Waals surface area contributed by atoms with E-state index < -0.39 is 11.9 Å². The first kappa shape index (κ1) is 14.5. The molecule has 5 heteroatoms. The Hall–Kier alpha value is -1.55. The lowest BCUT2D eigenvalue weighted by atomic mass is 10.1. The van der Waals surface area contributed by atoms with Crippen molar-refractivity contribution in [1.82, 2.24) is 0 Å². The summed E-state index contributed by atoms with van der Waals surface area (Å²) in [5.74, 6) is -0.430. The van der Waals surface area contributed by atoms with Crippen LogP contribution in [-0.4, -0.2) is 24.8 Å². The van der Waals surface area contributed by atoms with Gasteiger partial charge in [-0.3, -0.25) is 9.59 Å². The zero-order valence-corrected chi connectivity index (χ0v) is 11.3. The summed E-state index contributed by atoms with van der Waals surface area (Å²) >= 11 is 5.98. The normalized spacial score (nSPS) is 11.9. The van der Waals surface area contributed by atoms with E-state index >= 15 is 0 Å². The fourth-order valence-corrected chi connectivity index (χ4v) is 2.02. The predicted octanol–water partition coefficient (Wildman–Crippen LogP) is 2.24. The second-order valence-corrected chi connectivity index (χ2v) is 4.47. The summed E-state index contributed by atoms with van der Waals surface area (Å²) in [6, 6.07) is 4.68. The minimum atomic E-state index is -0.484. The molecule has 4 nitrogen and oxygen atoms in total. The molecule has 1 aromatic carbocycles. The molecular weight excluding hydrogens is 252 g/mol. The van der Waals surface area contributed by atoms with Gasteiger partial charge in [-0.25, -0.2) is 0 Å². The van der Waals surface area contributed by atoms with Crippen molar-refractivity contribution in [2.75, 3.05) is 11.4 Å². The number of anilines is 1. The van der Waals surface area contributed by atoms with Crippen LogP contribution in [0.25, 0.3) is 0 Å². The van der Waals surface area contributed by atoms with E-state index in [2.05, 4.69) is 0 Å². The van der Waals surface area contributed by atoms with Gasteiger partial charge in [0.2, 0.25) is 5.91 Å². The summed E-state index contributed by atoms with van der Waals surface area (Å²) in [4.78, 5) is 24.3. The molecule has 1 unspecified atom stereocenters. The Kier molecular flexibility index (Phi) is 5.16. The van der Waals surface area contributed by atoms with Gasteiger partial charge in [0.1, 0.15) is 6.04 Å². The molecule has 0 aromatic heterocycles. The van der Waals surface area contributed by atoms with Crippen molar-refractivity contribution in [3.8, 4) is 0 Å². The Labute approximate surface area is 112 Å². The largest absolute Gasteiger partial charge is 0.368 e. The lowest BCUT2D eigenvalue weighted by Gasteiger charge is -2.30. The van der Waals surface area contributed by atoms with E-state index in [1.54, 1.807) is 30.0 Å². The van der Waals surface area contributed by atoms with Gasteiger partial charge in [-0.1, -0.05) is 24.6 Å². The Morgan fingerprint density at radius 3 is 2.72 bits per heavy atom. The van der Waals surface area contributed by atoms with E-state index in [9.17, 15) is 9.59 Å². The van der Waals surface area contributed by atoms with Crippen molar-refractivity contribution < 1.29 is 9.59 Å². The lowest BCUT2D eigenvalue weighted by Crippen LogP contribution is -2.43. The van der Waals surface area contributed by atoms with Crippen LogP contribution in [0.15, 0.2) is 18.2 Å². The van der Waals surface area contributed by atoms with Gasteiger partial charge < -0.3 is 10.6 Å². The number of hydrogen-bond acceptors (Lipinski definition) is 3. The van der Waals surface area contributed by atoms with Crippen LogP contribution in [0.2, 0.25) is 5.02 Å². The molecule has 18 heavy (non-hydrogen) atoms. The molecule has 0 aliphatic heterocycles. The van der Waals surface area contributed by atoms with Crippen molar-refractivity contribution in [3.63, 3.8) is 0 Å². The summed E-state index contributed by atoms with van der Waals surface area (Å²) in [6.07, 6.45) is 1.54. The zero-order valence-electron chi connectivity index (χ0n) is 10.5. The molecule has 0 saturated carbocycles. The van der Waals surface area contributed by atoms with Crippen LogP contribution >= 0.6 is 11.6 Å². The highest BCUT2D eigenvalue weighted by atomic mass is 35.5. The van der Waals surface area contributed by atoms with Crippen LogP contribution in [0.4, 0.5) is 5.69 Å². The van der Waals surface area contributed by atoms with Crippen molar-refractivity contribution in [3.05, 3.63) is 28.8 Å². The smallest absolute Gasteiger partial charge is 0.239 e. The number of rotatable bonds is 6. The topological polar surface area (TPSA) is 63.4 Å². The Morgan fingerprint density at radius 2 is 2.22 bits per heavy atom. The highest BCUT2D eigenvalue weighted by molar-refractivity contribution is 6.33. The van der Waals surface area contributed by atoms with Crippen LogP contribution in [0.5, 0.6) is 0 Å². The van der Waals surface area contributed by atoms with Crippen LogP contribution < -0.4 is 10.6 Å². The first-order valence-electron chi connectivity index (χ1n) is 5.82. The number of primary amides is 1. The molecular formula is C13H17ClN2O2. The maximum atomic E-state index is 11.3. The van der Waals surface area contributed by atoms with Crippen molar-refractivity contribution in [2.45, 2.75) is 26.3 Å². The third-order valence-corrected chi connectivity index (χ3v) is 3.13. The zero-order chi connectivity index (χ0) is 13.7. The summed E-state index contributed by atoms with van der Waals surface area (Å²) in [5.41, 5.74) is 6.37. The van der Waals surface area contributed by atoms with Crippen LogP contribution in [0.3, 0.4) is 0 Å². The van der Waals surface area contributed by atoms with E-state index in [0.717, 1.165) is 6.42 Å². The first-order valence-corrected chi connectivity index (χ1v) is 6.20. The van der Waals surface area contributed by atoms with Gasteiger partial charge in [-0.2, -0.15) is 0 Å². The van der Waals surface area contributed by atoms with Crippen molar-refractivity contribution in [1.29, 1.82) is 0 Å². The summed E-state index contributed by atoms with van der Waals surface area (Å²) in [7, 11) is 0. The summed E-state index contributed by atoms with van der Waals surface area (Å²) in [5, 5.41) is 0.375. The third kappa shape index (κ3) is 3.01. The van der Waals surface area contributed by atoms with Crippen LogP contribution in [0, 0.1) is 0 Å². The van der Waals surface area contributed by atoms with Crippen LogP contribution in [-0.2, 0) is 4.79 Å². The molecule has 0 spiro atoms. The SMILES string of the molecule is CCCN(c1cccc(Cl)c1C=O)C(C)C(N)=O. The molecule has 2 N–H and O–H groups in total. The molecule has 0 aliphatic carbocycles. The average Bonchev–Trinajstić information content (AvgIpc) is 2.34. The number of nitrogens with two attached hydrogens (primary N) is 1. The number of aldehydes is 1. The van der Waals surface area contributed by atoms with Crippen molar-refractivity contribution >= 4 is 29.5 Å². The molecule has 0 fully saturated rings. The standard InChI is InChI=1S/C13H17ClN2O2/c1-3-7-16(9(2)13(15)18)12-6-4-5-11(14)10(12)8-17/h4-6,8-9H,3,7H2,1-2H3,(H2,15,18). The number of amides is 1. The Morgan fingerprint density at radius 1 is 1.56 bits per heavy atom. The van der Waals surface area contributed by atoms with E-state index in [1.807, 2.05) is 6.92 Å². The number of halogens is 1. The molecule has 0 heterocycles. The van der Waals surface area contributed by atoms with Crippen molar-refractivity contribution in [2.24, 2.45) is 5.73 Å². The molecule has 1 rings (SSSR count). The molecule has 0 radical (unpaired) electrons. The second kappa shape index (κ2) is 6.40. The third-order valence-electron chi connectivity index (χ3n) is 2.80. The minimum absolute atomic E-state index is 0.375. The van der Waals surface area contributed by atoms with E-state index in [1.165, 1.54) is 0 Å². The fourth-order valence-electron chi connectivity index (χ4n) is 1.81. The summed E-state index contributed by atoms with van der Waals surface area (Å²) < 4.78 is 0. The maximum Gasteiger partial charge on any atom is 0.239 e. The number of carbonyl (C=O) groups is 2. The maximum absolute atomic E-state index is 11.3. The number of benzene rings is 1. The van der Waals surface area contributed by atoms with E-state index in [-0.39, 0.29) is 0 Å². The Balaban J connectivity index is 3.25. The van der Waals surface area contributed by atoms with Gasteiger partial charge in [0.05, 0.1) is 10.6 Å². The second-order valence-electron chi connectivity index (χ2n) is 4.06. The highest BCUT2D eigenvalue weighted by Gasteiger charge is 2.21. The number of nitrogens with zero attached hydrogens (tertiary/aromatic N) is 1. The van der Waals surface area contributed by atoms with Gasteiger partial charge in [-0.05, 0) is 25.5 Å². The monoisotopic (exact) mass is 268 g/mol. The first-order chi connectivity index (χ1) is 8.52. The minimum Gasteiger partial charge on any atom is -0.368 e. The molecule has 1 aromatic rings. The molecule has 0 saturated heterocycles. The summed E-state index contributed by atoms with van der Waals surface area (Å²) in [6.45, 7) is 4.34. The molecule has 1 atom stereocenters. The molecule has 0 aliphatic rings. The average molecular weight is 269 g/mol. The molecule has 98 valence electrons. The van der Waals surface area contributed by atoms with Gasteiger partial charge in [-0.15, -0.1) is 0 Å². The van der Waals surface area contributed by atoms with Gasteiger partial charge in [0.15, 0.2) is 6.29 Å². The van der Waals surface area contributed by atoms with Gasteiger partial charge in [0.25, 0.3) is 0 Å². The predicted molar refractivity (Wildman–Crippen MR) is 73.1 cm³/mol. The fraction of sp³-hybridized carbons (Fsp3) is 0.385.